The van der Waals surface area contributed by atoms with Crippen LogP contribution in [-0.2, 0) is 0 Å². The Morgan fingerprint density at radius 1 is 0.684 bits per heavy atom. The van der Waals surface area contributed by atoms with Crippen LogP contribution in [0.1, 0.15) is 90.9 Å². The fourth-order valence-electron chi connectivity index (χ4n) is 2.13. The van der Waals surface area contributed by atoms with Gasteiger partial charge in [0.2, 0.25) is 0 Å². The number of unbranched alkanes of at least 4 members (excludes halogenated alkanes) is 9. The normalized spacial score (nSPS) is 10.5. The Bertz CT molecular complexity index is 222. The molecule has 0 heterocycles. The van der Waals surface area contributed by atoms with Crippen molar-refractivity contribution < 1.29 is 0 Å². The van der Waals surface area contributed by atoms with Gasteiger partial charge >= 0.3 is 0 Å². The van der Waals surface area contributed by atoms with Crippen LogP contribution in [-0.4, -0.2) is 5.33 Å². The summed E-state index contributed by atoms with van der Waals surface area (Å²) in [6.45, 7) is 4.59. The van der Waals surface area contributed by atoms with Gasteiger partial charge in [0.25, 0.3) is 0 Å². The van der Waals surface area contributed by atoms with Gasteiger partial charge in [-0.3, -0.25) is 0 Å². The Morgan fingerprint density at radius 3 is 1.68 bits per heavy atom. The molecule has 0 N–H and O–H groups in total. The Labute approximate surface area is 130 Å². The van der Waals surface area contributed by atoms with E-state index < -0.39 is 0 Å². The number of rotatable bonds is 12. The topological polar surface area (TPSA) is 0 Å². The smallest absolute Gasteiger partial charge is 0.00886 e. The van der Waals surface area contributed by atoms with Crippen molar-refractivity contribution in [3.8, 4) is 11.8 Å². The zero-order chi connectivity index (χ0) is 14.2. The fourth-order valence-corrected chi connectivity index (χ4v) is 2.53. The lowest BCUT2D eigenvalue weighted by Crippen LogP contribution is -1.86. The summed E-state index contributed by atoms with van der Waals surface area (Å²) in [5, 5.41) is 1.17. The summed E-state index contributed by atoms with van der Waals surface area (Å²) in [6, 6.07) is 0. The third kappa shape index (κ3) is 18.0. The van der Waals surface area contributed by atoms with E-state index in [1.807, 2.05) is 0 Å². The second-order valence-electron chi connectivity index (χ2n) is 5.91. The van der Waals surface area contributed by atoms with Gasteiger partial charge in [0.05, 0.1) is 0 Å². The Balaban J connectivity index is 3.09. The summed E-state index contributed by atoms with van der Waals surface area (Å²) in [5.41, 5.74) is 0. The van der Waals surface area contributed by atoms with Crippen molar-refractivity contribution >= 4 is 15.9 Å². The van der Waals surface area contributed by atoms with Crippen molar-refractivity contribution in [2.75, 3.05) is 5.33 Å². The summed E-state index contributed by atoms with van der Waals surface area (Å²) in [4.78, 5) is 0. The SMILES string of the molecule is CC(C)CCCCC#CCCCCCCCCCBr. The summed E-state index contributed by atoms with van der Waals surface area (Å²) in [6.07, 6.45) is 15.8. The van der Waals surface area contributed by atoms with Gasteiger partial charge in [-0.1, -0.05) is 74.7 Å². The summed E-state index contributed by atoms with van der Waals surface area (Å²) >= 11 is 3.47. The van der Waals surface area contributed by atoms with Crippen molar-refractivity contribution in [2.24, 2.45) is 5.92 Å². The predicted octanol–water partition coefficient (Wildman–Crippen LogP) is 6.72. The predicted molar refractivity (Wildman–Crippen MR) is 91.8 cm³/mol. The van der Waals surface area contributed by atoms with Crippen molar-refractivity contribution in [3.63, 3.8) is 0 Å². The average molecular weight is 329 g/mol. The molecule has 0 aliphatic carbocycles. The van der Waals surface area contributed by atoms with E-state index in [2.05, 4.69) is 41.6 Å². The van der Waals surface area contributed by atoms with Crippen LogP contribution in [0, 0.1) is 17.8 Å². The highest BCUT2D eigenvalue weighted by Crippen LogP contribution is 2.09. The number of hydrogen-bond acceptors (Lipinski definition) is 0. The highest BCUT2D eigenvalue weighted by atomic mass is 79.9. The molecular formula is C18H33Br. The zero-order valence-electron chi connectivity index (χ0n) is 13.1. The number of hydrogen-bond donors (Lipinski definition) is 0. The zero-order valence-corrected chi connectivity index (χ0v) is 14.7. The van der Waals surface area contributed by atoms with Crippen LogP contribution >= 0.6 is 15.9 Å². The Morgan fingerprint density at radius 2 is 1.16 bits per heavy atom. The van der Waals surface area contributed by atoms with Gasteiger partial charge in [-0.15, -0.1) is 11.8 Å². The van der Waals surface area contributed by atoms with Gasteiger partial charge in [-0.05, 0) is 25.2 Å². The first-order chi connectivity index (χ1) is 9.27. The minimum Gasteiger partial charge on any atom is -0.103 e. The highest BCUT2D eigenvalue weighted by Gasteiger charge is 1.92. The van der Waals surface area contributed by atoms with E-state index in [-0.39, 0.29) is 0 Å². The fraction of sp³-hybridized carbons (Fsp3) is 0.889. The van der Waals surface area contributed by atoms with Crippen molar-refractivity contribution in [1.29, 1.82) is 0 Å². The second kappa shape index (κ2) is 16.1. The molecule has 0 nitrogen and oxygen atoms in total. The van der Waals surface area contributed by atoms with Crippen LogP contribution in [0.3, 0.4) is 0 Å². The number of alkyl halides is 1. The molecule has 112 valence electrons. The molecule has 0 rings (SSSR count). The third-order valence-corrected chi connectivity index (χ3v) is 3.95. The molecule has 0 aromatic heterocycles. The summed E-state index contributed by atoms with van der Waals surface area (Å²) < 4.78 is 0. The first-order valence-electron chi connectivity index (χ1n) is 8.29. The van der Waals surface area contributed by atoms with E-state index in [1.165, 1.54) is 69.5 Å². The molecule has 0 bridgehead atoms. The molecule has 0 aromatic carbocycles. The van der Waals surface area contributed by atoms with E-state index in [9.17, 15) is 0 Å². The van der Waals surface area contributed by atoms with E-state index in [1.54, 1.807) is 0 Å². The van der Waals surface area contributed by atoms with Crippen LogP contribution in [0.15, 0.2) is 0 Å². The molecule has 0 aliphatic heterocycles. The molecule has 0 fully saturated rings. The minimum absolute atomic E-state index is 0.850. The molecular weight excluding hydrogens is 296 g/mol. The Kier molecular flexibility index (Phi) is 16.1. The van der Waals surface area contributed by atoms with Crippen molar-refractivity contribution in [3.05, 3.63) is 0 Å². The Hall–Kier alpha value is 0.0400. The second-order valence-corrected chi connectivity index (χ2v) is 6.70. The molecule has 0 radical (unpaired) electrons. The van der Waals surface area contributed by atoms with E-state index >= 15 is 0 Å². The lowest BCUT2D eigenvalue weighted by atomic mass is 10.1. The largest absolute Gasteiger partial charge is 0.103 e. The highest BCUT2D eigenvalue weighted by molar-refractivity contribution is 9.09. The van der Waals surface area contributed by atoms with Gasteiger partial charge in [-0.25, -0.2) is 0 Å². The van der Waals surface area contributed by atoms with Gasteiger partial charge in [0.15, 0.2) is 0 Å². The molecule has 0 aliphatic rings. The lowest BCUT2D eigenvalue weighted by Gasteiger charge is -2.01. The summed E-state index contributed by atoms with van der Waals surface area (Å²) in [7, 11) is 0. The van der Waals surface area contributed by atoms with Gasteiger partial charge in [-0.2, -0.15) is 0 Å². The average Bonchev–Trinajstić information content (AvgIpc) is 2.39. The molecule has 0 unspecified atom stereocenters. The van der Waals surface area contributed by atoms with Crippen LogP contribution < -0.4 is 0 Å². The first-order valence-corrected chi connectivity index (χ1v) is 9.41. The van der Waals surface area contributed by atoms with E-state index in [0.717, 1.165) is 18.8 Å². The molecule has 0 saturated carbocycles. The number of halogens is 1. The van der Waals surface area contributed by atoms with E-state index in [4.69, 9.17) is 0 Å². The maximum Gasteiger partial charge on any atom is 0.00886 e. The van der Waals surface area contributed by atoms with Crippen LogP contribution in [0.2, 0.25) is 0 Å². The van der Waals surface area contributed by atoms with Crippen molar-refractivity contribution in [1.82, 2.24) is 0 Å². The molecule has 0 amide bonds. The lowest BCUT2D eigenvalue weighted by molar-refractivity contribution is 0.542. The molecule has 0 saturated heterocycles. The standard InChI is InChI=1S/C18H33Br/c1-18(2)16-14-12-10-8-6-4-3-5-7-9-11-13-15-17-19/h18H,3-5,7,9-17H2,1-2H3. The van der Waals surface area contributed by atoms with Crippen molar-refractivity contribution in [2.45, 2.75) is 90.9 Å². The maximum absolute atomic E-state index is 3.47. The van der Waals surface area contributed by atoms with Crippen LogP contribution in [0.5, 0.6) is 0 Å². The van der Waals surface area contributed by atoms with Crippen LogP contribution in [0.25, 0.3) is 0 Å². The molecule has 0 aromatic rings. The quantitative estimate of drug-likeness (QED) is 0.212. The maximum atomic E-state index is 3.47. The van der Waals surface area contributed by atoms with Gasteiger partial charge in [0.1, 0.15) is 0 Å². The van der Waals surface area contributed by atoms with E-state index in [0.29, 0.717) is 0 Å². The molecule has 1 heteroatoms. The molecule has 19 heavy (non-hydrogen) atoms. The van der Waals surface area contributed by atoms with Gasteiger partial charge < -0.3 is 0 Å². The molecule has 0 spiro atoms. The molecule has 0 atom stereocenters. The monoisotopic (exact) mass is 328 g/mol. The van der Waals surface area contributed by atoms with Crippen LogP contribution in [0.4, 0.5) is 0 Å². The third-order valence-electron chi connectivity index (χ3n) is 3.39. The van der Waals surface area contributed by atoms with Gasteiger partial charge in [0, 0.05) is 18.2 Å². The first kappa shape index (κ1) is 19.0. The summed E-state index contributed by atoms with van der Waals surface area (Å²) in [5.74, 6) is 7.50. The minimum atomic E-state index is 0.850.